The Hall–Kier alpha value is -1.69. The molecule has 3 rings (SSSR count). The molecule has 1 saturated heterocycles. The van der Waals surface area contributed by atoms with E-state index < -0.39 is 0 Å². The molecule has 2 aromatic rings. The van der Waals surface area contributed by atoms with Gasteiger partial charge in [0.25, 0.3) is 0 Å². The van der Waals surface area contributed by atoms with Crippen LogP contribution >= 0.6 is 11.3 Å². The van der Waals surface area contributed by atoms with Crippen molar-refractivity contribution in [3.8, 4) is 0 Å². The zero-order chi connectivity index (χ0) is 11.5. The number of hydrogen-bond donors (Lipinski definition) is 0. The van der Waals surface area contributed by atoms with E-state index in [1.54, 1.807) is 23.7 Å². The van der Waals surface area contributed by atoms with E-state index in [-0.39, 0.29) is 0 Å². The van der Waals surface area contributed by atoms with Crippen LogP contribution in [0.25, 0.3) is 0 Å². The average molecular weight is 247 g/mol. The van der Waals surface area contributed by atoms with Crippen LogP contribution in [0.5, 0.6) is 0 Å². The Morgan fingerprint density at radius 2 is 1.76 bits per heavy atom. The van der Waals surface area contributed by atoms with Crippen molar-refractivity contribution < 1.29 is 0 Å². The fourth-order valence-corrected chi connectivity index (χ4v) is 2.65. The highest BCUT2D eigenvalue weighted by Gasteiger charge is 2.19. The largest absolute Gasteiger partial charge is 0.352 e. The third-order valence-corrected chi connectivity index (χ3v) is 3.68. The first-order chi connectivity index (χ1) is 8.43. The van der Waals surface area contributed by atoms with Gasteiger partial charge in [0.1, 0.15) is 5.82 Å². The Morgan fingerprint density at radius 3 is 2.41 bits per heavy atom. The summed E-state index contributed by atoms with van der Waals surface area (Å²) in [6.45, 7) is 3.92. The van der Waals surface area contributed by atoms with Gasteiger partial charge in [-0.15, -0.1) is 11.3 Å². The summed E-state index contributed by atoms with van der Waals surface area (Å²) < 4.78 is 0. The van der Waals surface area contributed by atoms with Gasteiger partial charge in [0.15, 0.2) is 5.13 Å². The first kappa shape index (κ1) is 10.5. The molecule has 0 spiro atoms. The zero-order valence-electron chi connectivity index (χ0n) is 9.36. The molecule has 0 radical (unpaired) electrons. The maximum atomic E-state index is 4.34. The molecule has 3 heterocycles. The smallest absolute Gasteiger partial charge is 0.185 e. The number of anilines is 2. The van der Waals surface area contributed by atoms with Crippen LogP contribution in [0.2, 0.25) is 0 Å². The minimum Gasteiger partial charge on any atom is -0.352 e. The number of rotatable bonds is 2. The van der Waals surface area contributed by atoms with E-state index in [2.05, 4.69) is 24.8 Å². The molecule has 0 amide bonds. The molecule has 5 nitrogen and oxygen atoms in total. The third-order valence-electron chi connectivity index (χ3n) is 2.84. The molecule has 0 atom stereocenters. The first-order valence-corrected chi connectivity index (χ1v) is 6.47. The van der Waals surface area contributed by atoms with Gasteiger partial charge in [0, 0.05) is 50.1 Å². The summed E-state index contributed by atoms with van der Waals surface area (Å²) in [5, 5.41) is 3.13. The maximum Gasteiger partial charge on any atom is 0.185 e. The van der Waals surface area contributed by atoms with E-state index in [0.29, 0.717) is 0 Å². The van der Waals surface area contributed by atoms with Crippen LogP contribution in [0.3, 0.4) is 0 Å². The average Bonchev–Trinajstić information content (AvgIpc) is 2.94. The van der Waals surface area contributed by atoms with Gasteiger partial charge in [-0.3, -0.25) is 4.98 Å². The van der Waals surface area contributed by atoms with Crippen LogP contribution in [-0.4, -0.2) is 41.1 Å². The molecule has 0 N–H and O–H groups in total. The van der Waals surface area contributed by atoms with Crippen LogP contribution < -0.4 is 9.80 Å². The monoisotopic (exact) mass is 247 g/mol. The molecule has 2 aromatic heterocycles. The normalized spacial score (nSPS) is 16.2. The number of piperazine rings is 1. The quantitative estimate of drug-likeness (QED) is 0.799. The Labute approximate surface area is 104 Å². The van der Waals surface area contributed by atoms with Crippen molar-refractivity contribution in [2.24, 2.45) is 0 Å². The van der Waals surface area contributed by atoms with E-state index in [4.69, 9.17) is 0 Å². The molecular weight excluding hydrogens is 234 g/mol. The molecule has 0 aromatic carbocycles. The summed E-state index contributed by atoms with van der Waals surface area (Å²) in [6.07, 6.45) is 7.12. The number of thiazole rings is 1. The van der Waals surface area contributed by atoms with Crippen molar-refractivity contribution >= 4 is 22.3 Å². The molecule has 0 bridgehead atoms. The van der Waals surface area contributed by atoms with Gasteiger partial charge in [-0.25, -0.2) is 9.97 Å². The third kappa shape index (κ3) is 2.21. The number of aromatic nitrogens is 3. The van der Waals surface area contributed by atoms with Gasteiger partial charge >= 0.3 is 0 Å². The predicted molar refractivity (Wildman–Crippen MR) is 68.6 cm³/mol. The zero-order valence-corrected chi connectivity index (χ0v) is 10.2. The molecule has 0 aliphatic carbocycles. The van der Waals surface area contributed by atoms with Crippen molar-refractivity contribution in [2.75, 3.05) is 36.0 Å². The molecule has 0 saturated carbocycles. The molecule has 17 heavy (non-hydrogen) atoms. The summed E-state index contributed by atoms with van der Waals surface area (Å²) in [5.41, 5.74) is 0. The fraction of sp³-hybridized carbons (Fsp3) is 0.364. The Balaban J connectivity index is 1.65. The molecule has 1 aliphatic heterocycles. The predicted octanol–water partition coefficient (Wildman–Crippen LogP) is 1.26. The van der Waals surface area contributed by atoms with Gasteiger partial charge in [0.2, 0.25) is 0 Å². The highest BCUT2D eigenvalue weighted by atomic mass is 32.1. The summed E-state index contributed by atoms with van der Waals surface area (Å²) in [4.78, 5) is 17.3. The lowest BCUT2D eigenvalue weighted by Gasteiger charge is -2.34. The summed E-state index contributed by atoms with van der Waals surface area (Å²) in [5.74, 6) is 0.964. The standard InChI is InChI=1S/C11H13N5S/c1-2-13-10(9-12-1)15-4-6-16(7-5-15)11-14-3-8-17-11/h1-3,8-9H,4-7H2. The maximum absolute atomic E-state index is 4.34. The topological polar surface area (TPSA) is 45.2 Å². The Kier molecular flexibility index (Phi) is 2.87. The van der Waals surface area contributed by atoms with Crippen molar-refractivity contribution in [2.45, 2.75) is 0 Å². The second-order valence-corrected chi connectivity index (χ2v) is 4.73. The molecule has 1 aliphatic rings. The minimum atomic E-state index is 0.964. The van der Waals surface area contributed by atoms with E-state index >= 15 is 0 Å². The lowest BCUT2D eigenvalue weighted by Crippen LogP contribution is -2.46. The van der Waals surface area contributed by atoms with Gasteiger partial charge in [-0.05, 0) is 0 Å². The molecule has 88 valence electrons. The first-order valence-electron chi connectivity index (χ1n) is 5.59. The molecular formula is C11H13N5S. The van der Waals surface area contributed by atoms with Crippen molar-refractivity contribution in [1.29, 1.82) is 0 Å². The fourth-order valence-electron chi connectivity index (χ4n) is 1.95. The second-order valence-electron chi connectivity index (χ2n) is 3.85. The van der Waals surface area contributed by atoms with E-state index in [9.17, 15) is 0 Å². The Morgan fingerprint density at radius 1 is 0.941 bits per heavy atom. The van der Waals surface area contributed by atoms with Gasteiger partial charge in [-0.2, -0.15) is 0 Å². The second kappa shape index (κ2) is 4.67. The van der Waals surface area contributed by atoms with E-state index in [0.717, 1.165) is 37.1 Å². The molecule has 0 unspecified atom stereocenters. The highest BCUT2D eigenvalue weighted by Crippen LogP contribution is 2.20. The number of nitrogens with zero attached hydrogens (tertiary/aromatic N) is 5. The number of hydrogen-bond acceptors (Lipinski definition) is 6. The van der Waals surface area contributed by atoms with Crippen molar-refractivity contribution in [1.82, 2.24) is 15.0 Å². The molecule has 6 heteroatoms. The van der Waals surface area contributed by atoms with Crippen LogP contribution in [0.1, 0.15) is 0 Å². The highest BCUT2D eigenvalue weighted by molar-refractivity contribution is 7.13. The summed E-state index contributed by atoms with van der Waals surface area (Å²) in [6, 6.07) is 0. The van der Waals surface area contributed by atoms with Gasteiger partial charge in [-0.1, -0.05) is 0 Å². The summed E-state index contributed by atoms with van der Waals surface area (Å²) in [7, 11) is 0. The van der Waals surface area contributed by atoms with Crippen LogP contribution in [-0.2, 0) is 0 Å². The molecule has 1 fully saturated rings. The van der Waals surface area contributed by atoms with Crippen molar-refractivity contribution in [3.63, 3.8) is 0 Å². The lowest BCUT2D eigenvalue weighted by molar-refractivity contribution is 0.645. The van der Waals surface area contributed by atoms with Crippen molar-refractivity contribution in [3.05, 3.63) is 30.2 Å². The van der Waals surface area contributed by atoms with E-state index in [1.807, 2.05) is 17.8 Å². The van der Waals surface area contributed by atoms with Gasteiger partial charge in [0.05, 0.1) is 6.20 Å². The van der Waals surface area contributed by atoms with Crippen LogP contribution in [0.15, 0.2) is 30.2 Å². The summed E-state index contributed by atoms with van der Waals surface area (Å²) >= 11 is 1.69. The van der Waals surface area contributed by atoms with E-state index in [1.165, 1.54) is 0 Å². The lowest BCUT2D eigenvalue weighted by atomic mass is 10.3. The minimum absolute atomic E-state index is 0.964. The van der Waals surface area contributed by atoms with Crippen LogP contribution in [0, 0.1) is 0 Å². The van der Waals surface area contributed by atoms with Gasteiger partial charge < -0.3 is 9.80 Å². The Bertz CT molecular complexity index is 450. The van der Waals surface area contributed by atoms with Crippen LogP contribution in [0.4, 0.5) is 10.9 Å². The SMILES string of the molecule is c1cnc(N2CCN(c3nccs3)CC2)cn1.